The van der Waals surface area contributed by atoms with Gasteiger partial charge in [-0.15, -0.1) is 0 Å². The van der Waals surface area contributed by atoms with Gasteiger partial charge in [-0.05, 0) is 61.6 Å². The quantitative estimate of drug-likeness (QED) is 0.330. The molecule has 1 fully saturated rings. The molecule has 0 heterocycles. The number of imide groups is 1. The predicted molar refractivity (Wildman–Crippen MR) is 156 cm³/mol. The molecule has 0 radical (unpaired) electrons. The lowest BCUT2D eigenvalue weighted by atomic mass is 9.90. The predicted octanol–water partition coefficient (Wildman–Crippen LogP) is 4.60. The van der Waals surface area contributed by atoms with Gasteiger partial charge in [0.25, 0.3) is 11.8 Å². The summed E-state index contributed by atoms with van der Waals surface area (Å²) in [4.78, 5) is 40.6. The molecule has 7 nitrogen and oxygen atoms in total. The van der Waals surface area contributed by atoms with Gasteiger partial charge in [0.05, 0.1) is 13.2 Å². The number of hydrogen-bond acceptors (Lipinski definition) is 5. The first-order valence-corrected chi connectivity index (χ1v) is 14.0. The molecule has 1 aliphatic rings. The number of nitrogens with one attached hydrogen (secondary N) is 3. The average Bonchev–Trinajstić information content (AvgIpc) is 2.98. The number of carbonyl (C=O) groups is 3. The molecule has 0 aliphatic heterocycles. The second-order valence-electron chi connectivity index (χ2n) is 10.7. The molecule has 3 aromatic carbocycles. The van der Waals surface area contributed by atoms with Crippen molar-refractivity contribution in [2.75, 3.05) is 7.11 Å². The molecule has 1 saturated carbocycles. The lowest BCUT2D eigenvalue weighted by Crippen LogP contribution is -2.61. The highest BCUT2D eigenvalue weighted by Crippen LogP contribution is 2.20. The van der Waals surface area contributed by atoms with Crippen molar-refractivity contribution < 1.29 is 19.1 Å². The van der Waals surface area contributed by atoms with Crippen molar-refractivity contribution in [2.45, 2.75) is 69.5 Å². The van der Waals surface area contributed by atoms with Gasteiger partial charge < -0.3 is 15.4 Å². The molecule has 7 heteroatoms. The fourth-order valence-electron chi connectivity index (χ4n) is 5.21. The van der Waals surface area contributed by atoms with E-state index in [4.69, 9.17) is 4.74 Å². The highest BCUT2D eigenvalue weighted by atomic mass is 16.5. The van der Waals surface area contributed by atoms with Crippen LogP contribution >= 0.6 is 0 Å². The van der Waals surface area contributed by atoms with Gasteiger partial charge in [0.1, 0.15) is 11.3 Å². The summed E-state index contributed by atoms with van der Waals surface area (Å²) in [5.41, 5.74) is 0.875. The van der Waals surface area contributed by atoms with Gasteiger partial charge in [-0.25, -0.2) is 0 Å². The summed E-state index contributed by atoms with van der Waals surface area (Å²) in [7, 11) is 1.59. The van der Waals surface area contributed by atoms with Crippen LogP contribution in [0.15, 0.2) is 84.9 Å². The fourth-order valence-corrected chi connectivity index (χ4v) is 5.21. The molecule has 210 valence electrons. The third-order valence-electron chi connectivity index (χ3n) is 7.52. The maximum Gasteiger partial charge on any atom is 0.252 e. The van der Waals surface area contributed by atoms with E-state index in [-0.39, 0.29) is 18.4 Å². The van der Waals surface area contributed by atoms with Gasteiger partial charge in [0.2, 0.25) is 5.91 Å². The first-order chi connectivity index (χ1) is 19.4. The zero-order valence-corrected chi connectivity index (χ0v) is 23.3. The molecule has 2 atom stereocenters. The van der Waals surface area contributed by atoms with Gasteiger partial charge in [-0.2, -0.15) is 0 Å². The maximum atomic E-state index is 13.8. The lowest BCUT2D eigenvalue weighted by Gasteiger charge is -2.32. The Hall–Kier alpha value is -3.97. The van der Waals surface area contributed by atoms with E-state index in [9.17, 15) is 14.4 Å². The van der Waals surface area contributed by atoms with Gasteiger partial charge in [0, 0.05) is 18.0 Å². The van der Waals surface area contributed by atoms with Crippen LogP contribution in [0.1, 0.15) is 60.5 Å². The number of hydrogen-bond donors (Lipinski definition) is 3. The molecule has 3 aromatic rings. The number of amides is 3. The molecule has 40 heavy (non-hydrogen) atoms. The Morgan fingerprint density at radius 3 is 2.10 bits per heavy atom. The zero-order valence-electron chi connectivity index (χ0n) is 23.3. The van der Waals surface area contributed by atoms with Crippen LogP contribution in [0.2, 0.25) is 0 Å². The van der Waals surface area contributed by atoms with Gasteiger partial charge in [-0.3, -0.25) is 19.7 Å². The normalized spacial score (nSPS) is 15.8. The Labute approximate surface area is 236 Å². The molecule has 0 spiro atoms. The van der Waals surface area contributed by atoms with E-state index in [0.29, 0.717) is 17.7 Å². The Kier molecular flexibility index (Phi) is 10.1. The van der Waals surface area contributed by atoms with Crippen molar-refractivity contribution in [2.24, 2.45) is 0 Å². The van der Waals surface area contributed by atoms with E-state index in [1.807, 2.05) is 60.7 Å². The second kappa shape index (κ2) is 13.9. The summed E-state index contributed by atoms with van der Waals surface area (Å²) in [5.74, 6) is -0.647. The minimum Gasteiger partial charge on any atom is -0.497 e. The molecule has 2 unspecified atom stereocenters. The van der Waals surface area contributed by atoms with Crippen molar-refractivity contribution in [3.05, 3.63) is 102 Å². The van der Waals surface area contributed by atoms with Crippen LogP contribution in [0, 0.1) is 0 Å². The first kappa shape index (κ1) is 29.0. The van der Waals surface area contributed by atoms with Crippen molar-refractivity contribution in [1.29, 1.82) is 0 Å². The summed E-state index contributed by atoms with van der Waals surface area (Å²) in [6.45, 7) is 1.65. The molecule has 0 aromatic heterocycles. The van der Waals surface area contributed by atoms with Crippen LogP contribution in [0.5, 0.6) is 5.75 Å². The molecule has 3 amide bonds. The number of benzene rings is 3. The largest absolute Gasteiger partial charge is 0.497 e. The third kappa shape index (κ3) is 8.02. The van der Waals surface area contributed by atoms with E-state index in [1.165, 1.54) is 6.42 Å². The van der Waals surface area contributed by atoms with Crippen molar-refractivity contribution in [3.63, 3.8) is 0 Å². The summed E-state index contributed by atoms with van der Waals surface area (Å²) >= 11 is 0. The number of carbonyl (C=O) groups excluding carboxylic acids is 3. The number of rotatable bonds is 11. The smallest absolute Gasteiger partial charge is 0.252 e. The van der Waals surface area contributed by atoms with Gasteiger partial charge >= 0.3 is 0 Å². The van der Waals surface area contributed by atoms with E-state index < -0.39 is 23.4 Å². The van der Waals surface area contributed by atoms with Crippen LogP contribution in [0.25, 0.3) is 0 Å². The topological polar surface area (TPSA) is 96.5 Å². The zero-order chi connectivity index (χ0) is 28.4. The molecule has 1 aliphatic carbocycles. The van der Waals surface area contributed by atoms with Crippen LogP contribution in [0.3, 0.4) is 0 Å². The third-order valence-corrected chi connectivity index (χ3v) is 7.52. The average molecular weight is 542 g/mol. The van der Waals surface area contributed by atoms with E-state index in [2.05, 4.69) is 16.0 Å². The maximum absolute atomic E-state index is 13.8. The number of ether oxygens (including phenoxy) is 1. The Bertz CT molecular complexity index is 1260. The SMILES string of the molecule is COc1ccc(CC(C)(NC(=O)c2ccccc2)C(=O)NC(=O)C(Cc2ccccc2)NC2CCCCC2)cc1. The van der Waals surface area contributed by atoms with Crippen LogP contribution < -0.4 is 20.7 Å². The summed E-state index contributed by atoms with van der Waals surface area (Å²) in [5, 5.41) is 9.08. The highest BCUT2D eigenvalue weighted by Gasteiger charge is 2.38. The van der Waals surface area contributed by atoms with Gasteiger partial charge in [-0.1, -0.05) is 79.9 Å². The molecule has 0 saturated heterocycles. The summed E-state index contributed by atoms with van der Waals surface area (Å²) in [6, 6.07) is 25.5. The van der Waals surface area contributed by atoms with Crippen molar-refractivity contribution in [3.8, 4) is 5.75 Å². The molecular weight excluding hydrogens is 502 g/mol. The van der Waals surface area contributed by atoms with Crippen LogP contribution in [0.4, 0.5) is 0 Å². The van der Waals surface area contributed by atoms with Crippen LogP contribution in [-0.2, 0) is 22.4 Å². The minimum absolute atomic E-state index is 0.189. The summed E-state index contributed by atoms with van der Waals surface area (Å²) in [6.07, 6.45) is 6.13. The molecule has 0 bridgehead atoms. The number of methoxy groups -OCH3 is 1. The van der Waals surface area contributed by atoms with Gasteiger partial charge in [0.15, 0.2) is 0 Å². The van der Waals surface area contributed by atoms with E-state index in [0.717, 1.165) is 36.8 Å². The second-order valence-corrected chi connectivity index (χ2v) is 10.7. The highest BCUT2D eigenvalue weighted by molar-refractivity contribution is 6.05. The monoisotopic (exact) mass is 541 g/mol. The first-order valence-electron chi connectivity index (χ1n) is 14.0. The fraction of sp³-hybridized carbons (Fsp3) is 0.364. The van der Waals surface area contributed by atoms with Crippen LogP contribution in [-0.4, -0.2) is 42.5 Å². The van der Waals surface area contributed by atoms with E-state index in [1.54, 1.807) is 38.3 Å². The van der Waals surface area contributed by atoms with Crippen molar-refractivity contribution >= 4 is 17.7 Å². The molecule has 3 N–H and O–H groups in total. The summed E-state index contributed by atoms with van der Waals surface area (Å²) < 4.78 is 5.26. The Morgan fingerprint density at radius 2 is 1.48 bits per heavy atom. The standard InChI is InChI=1S/C33H39N3O4/c1-33(23-25-18-20-28(40-2)21-19-25,36-30(37)26-14-8-4-9-15-26)32(39)35-31(38)29(22-24-12-6-3-7-13-24)34-27-16-10-5-11-17-27/h3-4,6-9,12-15,18-21,27,29,34H,5,10-11,16-17,22-23H2,1-2H3,(H,36,37)(H,35,38,39). The lowest BCUT2D eigenvalue weighted by molar-refractivity contribution is -0.135. The Balaban J connectivity index is 1.55. The Morgan fingerprint density at radius 1 is 0.850 bits per heavy atom. The van der Waals surface area contributed by atoms with E-state index >= 15 is 0 Å². The molecule has 4 rings (SSSR count). The van der Waals surface area contributed by atoms with Crippen molar-refractivity contribution in [1.82, 2.24) is 16.0 Å². The molecular formula is C33H39N3O4. The minimum atomic E-state index is -1.39.